The van der Waals surface area contributed by atoms with Crippen LogP contribution in [-0.2, 0) is 0 Å². The van der Waals surface area contributed by atoms with E-state index >= 15 is 0 Å². The summed E-state index contributed by atoms with van der Waals surface area (Å²) in [6, 6.07) is 3.16. The number of nitrogens with zero attached hydrogens (tertiary/aromatic N) is 2. The lowest BCUT2D eigenvalue weighted by atomic mass is 10.2. The van der Waals surface area contributed by atoms with E-state index in [0.29, 0.717) is 6.29 Å². The Morgan fingerprint density at radius 3 is 2.52 bits per heavy atom. The molecule has 21 heavy (non-hydrogen) atoms. The number of carbonyl (C=O) groups excluding carboxylic acids is 2. The molecule has 0 fully saturated rings. The highest BCUT2D eigenvalue weighted by Crippen LogP contribution is 2.30. The lowest BCUT2D eigenvalue weighted by Crippen LogP contribution is -2.07. The molecule has 0 aliphatic carbocycles. The third-order valence-corrected chi connectivity index (χ3v) is 3.04. The zero-order valence-electron chi connectivity index (χ0n) is 10.7. The number of ether oxygens (including phenoxy) is 1. The first-order valence-corrected chi connectivity index (χ1v) is 6.81. The monoisotopic (exact) mass is 310 g/mol. The first kappa shape index (κ1) is 15.0. The highest BCUT2D eigenvalue weighted by atomic mass is 32.2. The molecule has 5 nitrogen and oxygen atoms in total. The van der Waals surface area contributed by atoms with Gasteiger partial charge in [-0.1, -0.05) is 17.8 Å². The molecule has 1 aromatic heterocycles. The fourth-order valence-electron chi connectivity index (χ4n) is 1.52. The summed E-state index contributed by atoms with van der Waals surface area (Å²) in [6.45, 7) is 0. The average Bonchev–Trinajstić information content (AvgIpc) is 2.50. The molecule has 0 saturated carbocycles. The summed E-state index contributed by atoms with van der Waals surface area (Å²) >= 11 is 0.795. The van der Waals surface area contributed by atoms with Gasteiger partial charge in [-0.05, 0) is 18.4 Å². The van der Waals surface area contributed by atoms with E-state index in [4.69, 9.17) is 4.74 Å². The average molecular weight is 310 g/mol. The van der Waals surface area contributed by atoms with Gasteiger partial charge in [0.15, 0.2) is 17.9 Å². The van der Waals surface area contributed by atoms with Gasteiger partial charge in [0.2, 0.25) is 16.7 Å². The second-order valence-electron chi connectivity index (χ2n) is 3.70. The number of aromatic nitrogens is 2. The summed E-state index contributed by atoms with van der Waals surface area (Å²) in [5.41, 5.74) is -0.446. The number of aldehydes is 1. The van der Waals surface area contributed by atoms with Gasteiger partial charge in [0.25, 0.3) is 0 Å². The largest absolute Gasteiger partial charge is 0.432 e. The van der Waals surface area contributed by atoms with Crippen LogP contribution in [0.5, 0.6) is 11.6 Å². The van der Waals surface area contributed by atoms with E-state index in [0.717, 1.165) is 30.2 Å². The topological polar surface area (TPSA) is 69.2 Å². The minimum atomic E-state index is -0.955. The van der Waals surface area contributed by atoms with Gasteiger partial charge < -0.3 is 4.74 Å². The van der Waals surface area contributed by atoms with Crippen molar-refractivity contribution in [1.82, 2.24) is 9.97 Å². The van der Waals surface area contributed by atoms with Crippen molar-refractivity contribution in [3.63, 3.8) is 0 Å². The number of carbonyl (C=O) groups is 2. The van der Waals surface area contributed by atoms with Crippen molar-refractivity contribution in [2.45, 2.75) is 0 Å². The smallest absolute Gasteiger partial charge is 0.235 e. The van der Waals surface area contributed by atoms with Crippen molar-refractivity contribution in [3.8, 4) is 11.6 Å². The SMILES string of the molecule is CSC(=O)c1c(C=O)ncnc1Oc1c(F)cccc1F. The van der Waals surface area contributed by atoms with Crippen molar-refractivity contribution in [3.05, 3.63) is 47.4 Å². The van der Waals surface area contributed by atoms with Gasteiger partial charge in [0, 0.05) is 0 Å². The van der Waals surface area contributed by atoms with Crippen LogP contribution < -0.4 is 4.74 Å². The molecule has 0 unspecified atom stereocenters. The number of benzene rings is 1. The highest BCUT2D eigenvalue weighted by Gasteiger charge is 2.22. The van der Waals surface area contributed by atoms with Gasteiger partial charge in [-0.15, -0.1) is 0 Å². The number of hydrogen-bond acceptors (Lipinski definition) is 6. The summed E-state index contributed by atoms with van der Waals surface area (Å²) in [4.78, 5) is 30.1. The van der Waals surface area contributed by atoms with Crippen LogP contribution in [0.1, 0.15) is 20.8 Å². The van der Waals surface area contributed by atoms with Crippen molar-refractivity contribution in [1.29, 1.82) is 0 Å². The molecule has 0 atom stereocenters. The molecule has 0 radical (unpaired) electrons. The molecule has 2 rings (SSSR count). The second kappa shape index (κ2) is 6.40. The Morgan fingerprint density at radius 2 is 1.95 bits per heavy atom. The molecule has 2 aromatic rings. The molecule has 1 heterocycles. The molecule has 8 heteroatoms. The highest BCUT2D eigenvalue weighted by molar-refractivity contribution is 8.13. The summed E-state index contributed by atoms with van der Waals surface area (Å²) in [5, 5.41) is -0.551. The van der Waals surface area contributed by atoms with Crippen molar-refractivity contribution in [2.24, 2.45) is 0 Å². The summed E-state index contributed by atoms with van der Waals surface area (Å²) in [6.07, 6.45) is 2.79. The molecule has 0 N–H and O–H groups in total. The quantitative estimate of drug-likeness (QED) is 0.809. The molecule has 0 spiro atoms. The molecular weight excluding hydrogens is 302 g/mol. The first-order chi connectivity index (χ1) is 10.1. The summed E-state index contributed by atoms with van der Waals surface area (Å²) in [7, 11) is 0. The van der Waals surface area contributed by atoms with Crippen molar-refractivity contribution in [2.75, 3.05) is 6.26 Å². The van der Waals surface area contributed by atoms with Gasteiger partial charge in [-0.2, -0.15) is 0 Å². The van der Waals surface area contributed by atoms with Gasteiger partial charge in [0.1, 0.15) is 17.6 Å². The van der Waals surface area contributed by atoms with Gasteiger partial charge in [-0.3, -0.25) is 9.59 Å². The Kier molecular flexibility index (Phi) is 4.59. The molecule has 0 saturated heterocycles. The van der Waals surface area contributed by atoms with Crippen LogP contribution >= 0.6 is 11.8 Å². The predicted octanol–water partition coefficient (Wildman–Crippen LogP) is 2.86. The van der Waals surface area contributed by atoms with Gasteiger partial charge in [0.05, 0.1) is 0 Å². The van der Waals surface area contributed by atoms with Crippen LogP contribution in [0, 0.1) is 11.6 Å². The molecule has 0 amide bonds. The Morgan fingerprint density at radius 1 is 1.29 bits per heavy atom. The Hall–Kier alpha value is -2.35. The van der Waals surface area contributed by atoms with Crippen LogP contribution in [0.2, 0.25) is 0 Å². The molecule has 0 aliphatic heterocycles. The normalized spacial score (nSPS) is 10.2. The van der Waals surface area contributed by atoms with E-state index in [9.17, 15) is 18.4 Å². The Balaban J connectivity index is 2.54. The maximum atomic E-state index is 13.6. The van der Waals surface area contributed by atoms with E-state index in [1.165, 1.54) is 12.3 Å². The standard InChI is InChI=1S/C13H8F2N2O3S/c1-21-13(19)10-9(5-18)16-6-17-12(10)20-11-7(14)3-2-4-8(11)15/h2-6H,1H3. The van der Waals surface area contributed by atoms with Crippen LogP contribution in [0.15, 0.2) is 24.5 Å². The van der Waals surface area contributed by atoms with Gasteiger partial charge in [-0.25, -0.2) is 18.7 Å². The number of rotatable bonds is 4. The third-order valence-electron chi connectivity index (χ3n) is 2.46. The van der Waals surface area contributed by atoms with E-state index in [2.05, 4.69) is 9.97 Å². The number of halogens is 2. The summed E-state index contributed by atoms with van der Waals surface area (Å²) < 4.78 is 32.2. The van der Waals surface area contributed by atoms with Gasteiger partial charge >= 0.3 is 0 Å². The van der Waals surface area contributed by atoms with Crippen LogP contribution in [-0.4, -0.2) is 27.6 Å². The van der Waals surface area contributed by atoms with Crippen molar-refractivity contribution >= 4 is 23.2 Å². The molecule has 1 aromatic carbocycles. The zero-order chi connectivity index (χ0) is 15.4. The van der Waals surface area contributed by atoms with E-state index < -0.39 is 22.5 Å². The van der Waals surface area contributed by atoms with Crippen LogP contribution in [0.25, 0.3) is 0 Å². The number of hydrogen-bond donors (Lipinski definition) is 0. The fraction of sp³-hybridized carbons (Fsp3) is 0.0769. The molecule has 0 aliphatic rings. The maximum Gasteiger partial charge on any atom is 0.235 e. The lowest BCUT2D eigenvalue weighted by Gasteiger charge is -2.10. The molecular formula is C13H8F2N2O3S. The first-order valence-electron chi connectivity index (χ1n) is 5.58. The Bertz CT molecular complexity index is 690. The molecule has 0 bridgehead atoms. The van der Waals surface area contributed by atoms with Crippen LogP contribution in [0.3, 0.4) is 0 Å². The minimum absolute atomic E-state index is 0.212. The maximum absolute atomic E-state index is 13.6. The zero-order valence-corrected chi connectivity index (χ0v) is 11.5. The molecule has 108 valence electrons. The second-order valence-corrected chi connectivity index (χ2v) is 4.48. The number of para-hydroxylation sites is 1. The summed E-state index contributed by atoms with van der Waals surface area (Å²) in [5.74, 6) is -2.99. The Labute approximate surface area is 122 Å². The predicted molar refractivity (Wildman–Crippen MR) is 71.7 cm³/mol. The van der Waals surface area contributed by atoms with E-state index in [1.807, 2.05) is 0 Å². The van der Waals surface area contributed by atoms with E-state index in [-0.39, 0.29) is 17.1 Å². The fourth-order valence-corrected chi connectivity index (χ4v) is 1.92. The lowest BCUT2D eigenvalue weighted by molar-refractivity contribution is 0.106. The third kappa shape index (κ3) is 3.05. The van der Waals surface area contributed by atoms with Crippen LogP contribution in [0.4, 0.5) is 8.78 Å². The van der Waals surface area contributed by atoms with E-state index in [1.54, 1.807) is 0 Å². The number of thioether (sulfide) groups is 1. The minimum Gasteiger partial charge on any atom is -0.432 e. The van der Waals surface area contributed by atoms with Crippen molar-refractivity contribution < 1.29 is 23.1 Å².